The van der Waals surface area contributed by atoms with Gasteiger partial charge in [0.05, 0.1) is 18.8 Å². The van der Waals surface area contributed by atoms with Gasteiger partial charge in [0.15, 0.2) is 0 Å². The highest BCUT2D eigenvalue weighted by Gasteiger charge is 2.31. The van der Waals surface area contributed by atoms with Gasteiger partial charge in [-0.3, -0.25) is 4.79 Å². The van der Waals surface area contributed by atoms with Crippen LogP contribution < -0.4 is 16.4 Å². The van der Waals surface area contributed by atoms with E-state index in [0.29, 0.717) is 18.6 Å². The van der Waals surface area contributed by atoms with Gasteiger partial charge in [0, 0.05) is 0 Å². The van der Waals surface area contributed by atoms with Crippen LogP contribution in [0.5, 0.6) is 0 Å². The molecule has 0 aliphatic heterocycles. The van der Waals surface area contributed by atoms with E-state index in [1.807, 2.05) is 6.26 Å². The van der Waals surface area contributed by atoms with Crippen LogP contribution in [0.3, 0.4) is 0 Å². The number of nitrogens with one attached hydrogen (secondary N) is 2. The summed E-state index contributed by atoms with van der Waals surface area (Å²) in [6.07, 6.45) is 2.68. The zero-order chi connectivity index (χ0) is 14.9. The molecule has 0 spiro atoms. The van der Waals surface area contributed by atoms with Crippen LogP contribution in [0, 0.1) is 0 Å². The molecular formula is C11H23N3O4S. The Labute approximate surface area is 117 Å². The van der Waals surface area contributed by atoms with Crippen LogP contribution in [0.15, 0.2) is 0 Å². The zero-order valence-corrected chi connectivity index (χ0v) is 12.1. The van der Waals surface area contributed by atoms with Gasteiger partial charge in [-0.1, -0.05) is 6.92 Å². The number of primary amides is 1. The van der Waals surface area contributed by atoms with Crippen molar-refractivity contribution in [2.45, 2.75) is 31.3 Å². The van der Waals surface area contributed by atoms with Crippen molar-refractivity contribution in [1.82, 2.24) is 10.6 Å². The zero-order valence-electron chi connectivity index (χ0n) is 11.3. The summed E-state index contributed by atoms with van der Waals surface area (Å²) < 4.78 is 0. The Morgan fingerprint density at radius 3 is 2.32 bits per heavy atom. The van der Waals surface area contributed by atoms with Gasteiger partial charge >= 0.3 is 6.03 Å². The van der Waals surface area contributed by atoms with Crippen molar-refractivity contribution in [3.63, 3.8) is 0 Å². The Balaban J connectivity index is 4.73. The van der Waals surface area contributed by atoms with E-state index in [4.69, 9.17) is 5.73 Å². The standard InChI is InChI=1S/C11H23N3O4S/c1-3-11(6-15,7-16)14-9(17)8(4-5-19-2)13-10(12)18/h8,15-16H,3-7H2,1-2H3,(H,14,17)(H3,12,13,18). The maximum atomic E-state index is 12.1. The first-order valence-corrected chi connectivity index (χ1v) is 7.42. The number of rotatable bonds is 9. The topological polar surface area (TPSA) is 125 Å². The van der Waals surface area contributed by atoms with E-state index in [0.717, 1.165) is 0 Å². The Bertz CT molecular complexity index is 289. The van der Waals surface area contributed by atoms with Crippen LogP contribution >= 0.6 is 11.8 Å². The molecule has 0 aromatic heterocycles. The lowest BCUT2D eigenvalue weighted by Gasteiger charge is -2.31. The monoisotopic (exact) mass is 293 g/mol. The van der Waals surface area contributed by atoms with Crippen molar-refractivity contribution in [2.75, 3.05) is 25.2 Å². The highest BCUT2D eigenvalue weighted by atomic mass is 32.2. The second kappa shape index (κ2) is 9.00. The third-order valence-corrected chi connectivity index (χ3v) is 3.56. The van der Waals surface area contributed by atoms with Crippen LogP contribution in [0.2, 0.25) is 0 Å². The highest BCUT2D eigenvalue weighted by molar-refractivity contribution is 7.98. The van der Waals surface area contributed by atoms with Crippen LogP contribution in [0.4, 0.5) is 4.79 Å². The van der Waals surface area contributed by atoms with Crippen molar-refractivity contribution in [3.05, 3.63) is 0 Å². The molecule has 112 valence electrons. The largest absolute Gasteiger partial charge is 0.394 e. The van der Waals surface area contributed by atoms with E-state index in [1.165, 1.54) is 11.8 Å². The number of hydrogen-bond acceptors (Lipinski definition) is 5. The van der Waals surface area contributed by atoms with Gasteiger partial charge in [-0.15, -0.1) is 0 Å². The first-order valence-electron chi connectivity index (χ1n) is 6.03. The molecule has 0 fully saturated rings. The molecule has 8 heteroatoms. The maximum Gasteiger partial charge on any atom is 0.312 e. The molecule has 1 atom stereocenters. The fourth-order valence-electron chi connectivity index (χ4n) is 1.47. The average Bonchev–Trinajstić information content (AvgIpc) is 2.40. The van der Waals surface area contributed by atoms with E-state index in [-0.39, 0.29) is 13.2 Å². The Hall–Kier alpha value is -0.990. The summed E-state index contributed by atoms with van der Waals surface area (Å²) in [5.41, 5.74) is 3.95. The van der Waals surface area contributed by atoms with Crippen LogP contribution in [-0.2, 0) is 4.79 Å². The lowest BCUT2D eigenvalue weighted by Crippen LogP contribution is -2.59. The van der Waals surface area contributed by atoms with Gasteiger partial charge < -0.3 is 26.6 Å². The third kappa shape index (κ3) is 6.13. The minimum absolute atomic E-state index is 0.373. The number of urea groups is 1. The normalized spacial score (nSPS) is 12.8. The highest BCUT2D eigenvalue weighted by Crippen LogP contribution is 2.10. The molecule has 0 saturated heterocycles. The summed E-state index contributed by atoms with van der Waals surface area (Å²) in [5, 5.41) is 23.5. The number of aliphatic hydroxyl groups excluding tert-OH is 2. The smallest absolute Gasteiger partial charge is 0.312 e. The van der Waals surface area contributed by atoms with E-state index in [1.54, 1.807) is 6.92 Å². The Kier molecular flexibility index (Phi) is 8.53. The lowest BCUT2D eigenvalue weighted by molar-refractivity contribution is -0.126. The molecule has 0 rings (SSSR count). The molecule has 7 nitrogen and oxygen atoms in total. The van der Waals surface area contributed by atoms with Gasteiger partial charge in [-0.2, -0.15) is 11.8 Å². The Morgan fingerprint density at radius 1 is 1.37 bits per heavy atom. The number of aliphatic hydroxyl groups is 2. The second-order valence-electron chi connectivity index (χ2n) is 4.28. The predicted octanol–water partition coefficient (Wildman–Crippen LogP) is -0.974. The van der Waals surface area contributed by atoms with Gasteiger partial charge in [0.2, 0.25) is 5.91 Å². The molecule has 0 aliphatic rings. The minimum atomic E-state index is -1.08. The molecule has 0 saturated carbocycles. The predicted molar refractivity (Wildman–Crippen MR) is 74.8 cm³/mol. The quantitative estimate of drug-likeness (QED) is 0.374. The summed E-state index contributed by atoms with van der Waals surface area (Å²) >= 11 is 1.54. The van der Waals surface area contributed by atoms with Crippen LogP contribution in [-0.4, -0.2) is 59.0 Å². The molecule has 3 amide bonds. The molecule has 0 aromatic rings. The summed E-state index contributed by atoms with van der Waals surface area (Å²) in [6.45, 7) is 0.986. The van der Waals surface area contributed by atoms with E-state index < -0.39 is 23.5 Å². The molecule has 6 N–H and O–H groups in total. The molecule has 0 radical (unpaired) electrons. The maximum absolute atomic E-state index is 12.1. The van der Waals surface area contributed by atoms with Crippen molar-refractivity contribution in [3.8, 4) is 0 Å². The van der Waals surface area contributed by atoms with E-state index in [9.17, 15) is 19.8 Å². The molecule has 1 unspecified atom stereocenters. The second-order valence-corrected chi connectivity index (χ2v) is 5.27. The van der Waals surface area contributed by atoms with Gasteiger partial charge in [0.1, 0.15) is 6.04 Å². The molecule has 19 heavy (non-hydrogen) atoms. The first-order chi connectivity index (χ1) is 8.94. The number of nitrogens with two attached hydrogens (primary N) is 1. The van der Waals surface area contributed by atoms with Crippen molar-refractivity contribution < 1.29 is 19.8 Å². The summed E-state index contributed by atoms with van der Waals surface area (Å²) in [7, 11) is 0. The number of carbonyl (C=O) groups is 2. The van der Waals surface area contributed by atoms with Gasteiger partial charge in [0.25, 0.3) is 0 Å². The van der Waals surface area contributed by atoms with Gasteiger partial charge in [-0.05, 0) is 24.9 Å². The van der Waals surface area contributed by atoms with Crippen LogP contribution in [0.1, 0.15) is 19.8 Å². The van der Waals surface area contributed by atoms with Crippen molar-refractivity contribution >= 4 is 23.7 Å². The van der Waals surface area contributed by atoms with Crippen LogP contribution in [0.25, 0.3) is 0 Å². The molecule has 0 aliphatic carbocycles. The minimum Gasteiger partial charge on any atom is -0.394 e. The third-order valence-electron chi connectivity index (χ3n) is 2.91. The summed E-state index contributed by atoms with van der Waals surface area (Å²) in [6, 6.07) is -1.55. The lowest BCUT2D eigenvalue weighted by atomic mass is 9.97. The SMILES string of the molecule is CCC(CO)(CO)NC(=O)C(CCSC)NC(N)=O. The molecule has 0 heterocycles. The summed E-state index contributed by atoms with van der Waals surface area (Å²) in [5.74, 6) is 0.216. The number of thioether (sulfide) groups is 1. The Morgan fingerprint density at radius 2 is 1.95 bits per heavy atom. The molecular weight excluding hydrogens is 270 g/mol. The molecule has 0 bridgehead atoms. The number of carbonyl (C=O) groups excluding carboxylic acids is 2. The van der Waals surface area contributed by atoms with E-state index in [2.05, 4.69) is 10.6 Å². The van der Waals surface area contributed by atoms with E-state index >= 15 is 0 Å². The molecule has 0 aromatic carbocycles. The first kappa shape index (κ1) is 18.0. The van der Waals surface area contributed by atoms with Crippen molar-refractivity contribution in [1.29, 1.82) is 0 Å². The van der Waals surface area contributed by atoms with Gasteiger partial charge in [-0.25, -0.2) is 4.79 Å². The fourth-order valence-corrected chi connectivity index (χ4v) is 1.94. The van der Waals surface area contributed by atoms with Crippen molar-refractivity contribution in [2.24, 2.45) is 5.73 Å². The fraction of sp³-hybridized carbons (Fsp3) is 0.818. The number of hydrogen-bond donors (Lipinski definition) is 5. The summed E-state index contributed by atoms with van der Waals surface area (Å²) in [4.78, 5) is 22.9. The average molecular weight is 293 g/mol. The number of amides is 3.